The summed E-state index contributed by atoms with van der Waals surface area (Å²) in [5, 5.41) is 0. The fraction of sp³-hybridized carbons (Fsp3) is 0.636. The summed E-state index contributed by atoms with van der Waals surface area (Å²) in [4.78, 5) is 2.51. The van der Waals surface area contributed by atoms with E-state index in [9.17, 15) is 8.42 Å². The Kier molecular flexibility index (Phi) is 11.6. The van der Waals surface area contributed by atoms with E-state index in [-0.39, 0.29) is 31.0 Å². The van der Waals surface area contributed by atoms with Gasteiger partial charge in [0.15, 0.2) is 0 Å². The molecule has 1 saturated carbocycles. The average molecular weight is 601 g/mol. The molecule has 0 aromatic heterocycles. The molecule has 1 aliphatic carbocycles. The fourth-order valence-electron chi connectivity index (χ4n) is 6.51. The van der Waals surface area contributed by atoms with Crippen molar-refractivity contribution in [1.29, 1.82) is 0 Å². The Morgan fingerprint density at radius 1 is 0.951 bits per heavy atom. The molecule has 8 heteroatoms. The van der Waals surface area contributed by atoms with E-state index in [0.717, 1.165) is 51.1 Å². The van der Waals surface area contributed by atoms with Crippen molar-refractivity contribution >= 4 is 18.1 Å². The summed E-state index contributed by atoms with van der Waals surface area (Å²) in [6.07, 6.45) is 7.67. The van der Waals surface area contributed by atoms with E-state index >= 15 is 0 Å². The number of rotatable bonds is 14. The van der Waals surface area contributed by atoms with E-state index in [1.807, 2.05) is 6.07 Å². The number of nitrogens with zero attached hydrogens (tertiary/aromatic N) is 2. The van der Waals surface area contributed by atoms with E-state index < -0.39 is 18.1 Å². The Morgan fingerprint density at radius 2 is 1.59 bits per heavy atom. The maximum Gasteiger partial charge on any atom is 0.213 e. The third-order valence-corrected chi connectivity index (χ3v) is 11.9. The van der Waals surface area contributed by atoms with Gasteiger partial charge < -0.3 is 9.47 Å². The summed E-state index contributed by atoms with van der Waals surface area (Å²) >= 11 is 0. The highest BCUT2D eigenvalue weighted by molar-refractivity contribution is 7.88. The van der Waals surface area contributed by atoms with Crippen molar-refractivity contribution in [3.05, 3.63) is 71.8 Å². The summed E-state index contributed by atoms with van der Waals surface area (Å²) in [7, 11) is -4.74. The van der Waals surface area contributed by atoms with E-state index in [4.69, 9.17) is 9.47 Å². The number of hydrogen-bond acceptors (Lipinski definition) is 5. The lowest BCUT2D eigenvalue weighted by Gasteiger charge is -2.36. The standard InChI is InChI=1S/C33H52N2O4SSi/c1-6-30-23-32(35(40(2,36)37)26-38-21-22-41(3,4)5)33(34(30)24-27-13-9-7-10-14-27)25-39-31-19-17-29(18-20-31)28-15-11-8-12-16-28/h7-16,29-33H,6,17-26H2,1-5H3/t29-,30?,31+,32-,33-/m0/s1. The van der Waals surface area contributed by atoms with E-state index in [2.05, 4.69) is 86.1 Å². The van der Waals surface area contributed by atoms with Crippen molar-refractivity contribution in [2.24, 2.45) is 0 Å². The van der Waals surface area contributed by atoms with Crippen LogP contribution in [0.3, 0.4) is 0 Å². The van der Waals surface area contributed by atoms with Gasteiger partial charge in [0, 0.05) is 33.3 Å². The summed E-state index contributed by atoms with van der Waals surface area (Å²) in [5.74, 6) is 0.600. The highest BCUT2D eigenvalue weighted by atomic mass is 32.2. The van der Waals surface area contributed by atoms with Gasteiger partial charge in [0.1, 0.15) is 6.73 Å². The van der Waals surface area contributed by atoms with Gasteiger partial charge in [0.2, 0.25) is 10.0 Å². The predicted molar refractivity (Wildman–Crippen MR) is 171 cm³/mol. The molecule has 0 bridgehead atoms. The molecular formula is C33H52N2O4SSi. The first-order valence-electron chi connectivity index (χ1n) is 15.6. The summed E-state index contributed by atoms with van der Waals surface area (Å²) in [5.41, 5.74) is 2.68. The first kappa shape index (κ1) is 32.4. The van der Waals surface area contributed by atoms with Crippen molar-refractivity contribution in [1.82, 2.24) is 9.21 Å². The molecule has 6 nitrogen and oxygen atoms in total. The summed E-state index contributed by atoms with van der Waals surface area (Å²) in [6.45, 7) is 11.2. The Bertz CT molecular complexity index is 1150. The second-order valence-corrected chi connectivity index (χ2v) is 20.9. The van der Waals surface area contributed by atoms with Crippen LogP contribution in [-0.2, 0) is 26.0 Å². The van der Waals surface area contributed by atoms with Crippen LogP contribution in [0.15, 0.2) is 60.7 Å². The largest absolute Gasteiger partial charge is 0.377 e. The van der Waals surface area contributed by atoms with Gasteiger partial charge in [-0.2, -0.15) is 4.31 Å². The molecule has 2 aliphatic rings. The number of hydrogen-bond donors (Lipinski definition) is 0. The molecule has 2 aromatic rings. The molecule has 1 saturated heterocycles. The Hall–Kier alpha value is -1.55. The monoisotopic (exact) mass is 600 g/mol. The van der Waals surface area contributed by atoms with Crippen LogP contribution in [0, 0.1) is 0 Å². The van der Waals surface area contributed by atoms with Crippen LogP contribution < -0.4 is 0 Å². The molecule has 1 aliphatic heterocycles. The number of ether oxygens (including phenoxy) is 2. The molecule has 1 heterocycles. The maximum absolute atomic E-state index is 13.2. The van der Waals surface area contributed by atoms with Crippen molar-refractivity contribution < 1.29 is 17.9 Å². The van der Waals surface area contributed by atoms with Crippen LogP contribution in [-0.4, -0.2) is 76.1 Å². The van der Waals surface area contributed by atoms with Crippen LogP contribution in [0.5, 0.6) is 0 Å². The second kappa shape index (κ2) is 14.8. The Labute approximate surface area is 250 Å². The van der Waals surface area contributed by atoms with Gasteiger partial charge in [-0.05, 0) is 61.6 Å². The Morgan fingerprint density at radius 3 is 2.17 bits per heavy atom. The molecule has 0 amide bonds. The van der Waals surface area contributed by atoms with Crippen LogP contribution in [0.1, 0.15) is 62.5 Å². The number of sulfonamides is 1. The summed E-state index contributed by atoms with van der Waals surface area (Å²) in [6, 6.07) is 22.5. The highest BCUT2D eigenvalue weighted by Gasteiger charge is 2.46. The second-order valence-electron chi connectivity index (χ2n) is 13.3. The van der Waals surface area contributed by atoms with Crippen molar-refractivity contribution in [3.8, 4) is 0 Å². The predicted octanol–water partition coefficient (Wildman–Crippen LogP) is 6.73. The van der Waals surface area contributed by atoms with Gasteiger partial charge in [0.25, 0.3) is 0 Å². The van der Waals surface area contributed by atoms with E-state index in [1.165, 1.54) is 17.4 Å². The maximum atomic E-state index is 13.2. The molecule has 0 N–H and O–H groups in total. The zero-order valence-corrected chi connectivity index (χ0v) is 27.7. The minimum Gasteiger partial charge on any atom is -0.377 e. The summed E-state index contributed by atoms with van der Waals surface area (Å²) < 4.78 is 40.7. The van der Waals surface area contributed by atoms with Crippen molar-refractivity contribution in [2.45, 2.75) is 108 Å². The molecule has 228 valence electrons. The smallest absolute Gasteiger partial charge is 0.213 e. The normalized spacial score (nSPS) is 26.0. The quantitative estimate of drug-likeness (QED) is 0.137. The lowest BCUT2D eigenvalue weighted by Crippen LogP contribution is -2.51. The van der Waals surface area contributed by atoms with Gasteiger partial charge in [-0.15, -0.1) is 0 Å². The average Bonchev–Trinajstić information content (AvgIpc) is 3.28. The molecule has 1 unspecified atom stereocenters. The van der Waals surface area contributed by atoms with Crippen LogP contribution in [0.2, 0.25) is 25.7 Å². The zero-order chi connectivity index (χ0) is 29.5. The lowest BCUT2D eigenvalue weighted by molar-refractivity contribution is -0.0251. The van der Waals surface area contributed by atoms with Gasteiger partial charge in [-0.3, -0.25) is 4.90 Å². The molecule has 3 atom stereocenters. The lowest BCUT2D eigenvalue weighted by atomic mass is 9.83. The molecule has 41 heavy (non-hydrogen) atoms. The molecule has 2 aromatic carbocycles. The first-order chi connectivity index (χ1) is 19.5. The Balaban J connectivity index is 1.48. The van der Waals surface area contributed by atoms with E-state index in [1.54, 1.807) is 4.31 Å². The van der Waals surface area contributed by atoms with Crippen molar-refractivity contribution in [3.63, 3.8) is 0 Å². The molecule has 0 radical (unpaired) electrons. The van der Waals surface area contributed by atoms with Gasteiger partial charge >= 0.3 is 0 Å². The number of benzene rings is 2. The van der Waals surface area contributed by atoms with Crippen LogP contribution in [0.4, 0.5) is 0 Å². The highest BCUT2D eigenvalue weighted by Crippen LogP contribution is 2.36. The molecule has 2 fully saturated rings. The molecule has 4 rings (SSSR count). The van der Waals surface area contributed by atoms with Crippen LogP contribution >= 0.6 is 0 Å². The molecular weight excluding hydrogens is 549 g/mol. The van der Waals surface area contributed by atoms with Gasteiger partial charge in [0.05, 0.1) is 25.0 Å². The minimum atomic E-state index is -3.47. The fourth-order valence-corrected chi connectivity index (χ4v) is 8.26. The number of likely N-dealkylation sites (tertiary alicyclic amines) is 1. The zero-order valence-electron chi connectivity index (χ0n) is 25.9. The third-order valence-electron chi connectivity index (χ3n) is 8.99. The van der Waals surface area contributed by atoms with Crippen molar-refractivity contribution in [2.75, 3.05) is 26.2 Å². The van der Waals surface area contributed by atoms with E-state index in [0.29, 0.717) is 19.1 Å². The third kappa shape index (κ3) is 9.47. The topological polar surface area (TPSA) is 59.1 Å². The minimum absolute atomic E-state index is 0.0256. The molecule has 0 spiro atoms. The van der Waals surface area contributed by atoms with Gasteiger partial charge in [-0.1, -0.05) is 87.2 Å². The van der Waals surface area contributed by atoms with Gasteiger partial charge in [-0.25, -0.2) is 8.42 Å². The first-order valence-corrected chi connectivity index (χ1v) is 21.1. The SMILES string of the molecule is CCC1C[C@H](N(COCC[Si](C)(C)C)S(C)(=O)=O)[C@H](CO[C@H]2CC[C@@H](c3ccccc3)CC2)N1Cc1ccccc1. The van der Waals surface area contributed by atoms with Crippen LogP contribution in [0.25, 0.3) is 0 Å².